The zero-order valence-electron chi connectivity index (χ0n) is 18.2. The Bertz CT molecular complexity index is 378. The third-order valence-corrected chi connectivity index (χ3v) is 5.24. The number of rotatable bonds is 20. The number of aliphatic hydroxyl groups is 5. The first-order chi connectivity index (χ1) is 14.0. The number of hydrogen-bond donors (Lipinski definition) is 5. The van der Waals surface area contributed by atoms with Crippen LogP contribution < -0.4 is 0 Å². The van der Waals surface area contributed by atoms with Crippen LogP contribution >= 0.6 is 0 Å². The highest BCUT2D eigenvalue weighted by molar-refractivity contribution is 5.69. The summed E-state index contributed by atoms with van der Waals surface area (Å²) in [7, 11) is 0. The summed E-state index contributed by atoms with van der Waals surface area (Å²) >= 11 is 0. The minimum absolute atomic E-state index is 0.147. The van der Waals surface area contributed by atoms with E-state index in [-0.39, 0.29) is 6.42 Å². The lowest BCUT2D eigenvalue weighted by Crippen LogP contribution is -2.49. The highest BCUT2D eigenvalue weighted by Crippen LogP contribution is 2.15. The van der Waals surface area contributed by atoms with Crippen molar-refractivity contribution < 1.29 is 35.1 Å². The van der Waals surface area contributed by atoms with Crippen molar-refractivity contribution in [2.24, 2.45) is 0 Å². The normalized spacial score (nSPS) is 15.7. The van der Waals surface area contributed by atoms with E-state index in [0.29, 0.717) is 6.42 Å². The summed E-state index contributed by atoms with van der Waals surface area (Å²) in [4.78, 5) is 11.9. The van der Waals surface area contributed by atoms with Gasteiger partial charge in [0.15, 0.2) is 6.10 Å². The van der Waals surface area contributed by atoms with E-state index in [0.717, 1.165) is 19.3 Å². The lowest BCUT2D eigenvalue weighted by Gasteiger charge is -2.28. The predicted molar refractivity (Wildman–Crippen MR) is 112 cm³/mol. The van der Waals surface area contributed by atoms with Gasteiger partial charge in [0.25, 0.3) is 0 Å². The average Bonchev–Trinajstić information content (AvgIpc) is 2.73. The molecular weight excluding hydrogens is 376 g/mol. The van der Waals surface area contributed by atoms with Gasteiger partial charge in [-0.3, -0.25) is 4.79 Å². The number of aliphatic hydroxyl groups excluding tert-OH is 5. The second kappa shape index (κ2) is 19.2. The van der Waals surface area contributed by atoms with Crippen molar-refractivity contribution >= 4 is 5.97 Å². The topological polar surface area (TPSA) is 127 Å². The molecule has 4 atom stereocenters. The standard InChI is InChI=1S/C22H44O7/c1-2-3-4-5-6-7-8-9-10-11-12-13-14-15-20(27)29-22(19(26)17-24)21(28)18(25)16-23/h18-19,21-26,28H,2-17H2,1H3/t18-,19-,21-,22-/m0/s1. The van der Waals surface area contributed by atoms with E-state index < -0.39 is 43.6 Å². The molecule has 5 N–H and O–H groups in total. The van der Waals surface area contributed by atoms with Crippen LogP contribution in [0, 0.1) is 0 Å². The Morgan fingerprint density at radius 1 is 0.690 bits per heavy atom. The smallest absolute Gasteiger partial charge is 0.306 e. The van der Waals surface area contributed by atoms with Crippen molar-refractivity contribution in [3.05, 3.63) is 0 Å². The number of hydrogen-bond acceptors (Lipinski definition) is 7. The second-order valence-corrected chi connectivity index (χ2v) is 7.94. The lowest BCUT2D eigenvalue weighted by atomic mass is 10.0. The van der Waals surface area contributed by atoms with Crippen molar-refractivity contribution in [1.82, 2.24) is 0 Å². The fraction of sp³-hybridized carbons (Fsp3) is 0.955. The molecule has 7 heteroatoms. The van der Waals surface area contributed by atoms with Gasteiger partial charge in [-0.2, -0.15) is 0 Å². The molecule has 7 nitrogen and oxygen atoms in total. The molecule has 29 heavy (non-hydrogen) atoms. The monoisotopic (exact) mass is 420 g/mol. The fourth-order valence-electron chi connectivity index (χ4n) is 3.30. The molecule has 0 amide bonds. The highest BCUT2D eigenvalue weighted by atomic mass is 16.6. The van der Waals surface area contributed by atoms with Crippen LogP contribution in [0.1, 0.15) is 96.8 Å². The number of unbranched alkanes of at least 4 members (excludes halogenated alkanes) is 12. The van der Waals surface area contributed by atoms with Crippen LogP contribution in [0.25, 0.3) is 0 Å². The molecule has 0 aromatic carbocycles. The second-order valence-electron chi connectivity index (χ2n) is 7.94. The van der Waals surface area contributed by atoms with Crippen molar-refractivity contribution in [2.45, 2.75) is 121 Å². The maximum atomic E-state index is 11.9. The van der Waals surface area contributed by atoms with Gasteiger partial charge >= 0.3 is 5.97 Å². The predicted octanol–water partition coefficient (Wildman–Crippen LogP) is 2.45. The van der Waals surface area contributed by atoms with E-state index in [1.165, 1.54) is 57.8 Å². The van der Waals surface area contributed by atoms with E-state index in [2.05, 4.69) is 6.92 Å². The summed E-state index contributed by atoms with van der Waals surface area (Å²) in [5.41, 5.74) is 0. The fourth-order valence-corrected chi connectivity index (χ4v) is 3.30. The van der Waals surface area contributed by atoms with Gasteiger partial charge < -0.3 is 30.3 Å². The molecule has 0 aliphatic carbocycles. The summed E-state index contributed by atoms with van der Waals surface area (Å²) < 4.78 is 5.02. The van der Waals surface area contributed by atoms with Gasteiger partial charge in [-0.1, -0.05) is 84.0 Å². The van der Waals surface area contributed by atoms with E-state index in [9.17, 15) is 20.1 Å². The lowest BCUT2D eigenvalue weighted by molar-refractivity contribution is -0.177. The van der Waals surface area contributed by atoms with Gasteiger partial charge in [-0.05, 0) is 6.42 Å². The Morgan fingerprint density at radius 2 is 1.10 bits per heavy atom. The third-order valence-electron chi connectivity index (χ3n) is 5.24. The molecule has 0 fully saturated rings. The van der Waals surface area contributed by atoms with Gasteiger partial charge in [0.05, 0.1) is 13.2 Å². The zero-order valence-corrected chi connectivity index (χ0v) is 18.2. The number of ether oxygens (including phenoxy) is 1. The number of carbonyl (C=O) groups is 1. The first-order valence-electron chi connectivity index (χ1n) is 11.4. The minimum Gasteiger partial charge on any atom is -0.457 e. The van der Waals surface area contributed by atoms with Crippen LogP contribution in [0.3, 0.4) is 0 Å². The van der Waals surface area contributed by atoms with Gasteiger partial charge in [0, 0.05) is 6.42 Å². The largest absolute Gasteiger partial charge is 0.457 e. The quantitative estimate of drug-likeness (QED) is 0.151. The van der Waals surface area contributed by atoms with Crippen LogP contribution in [0.4, 0.5) is 0 Å². The highest BCUT2D eigenvalue weighted by Gasteiger charge is 2.34. The molecule has 0 aliphatic rings. The molecule has 0 saturated heterocycles. The first kappa shape index (κ1) is 28.3. The van der Waals surface area contributed by atoms with E-state index in [1.54, 1.807) is 0 Å². The van der Waals surface area contributed by atoms with Gasteiger partial charge in [0.1, 0.15) is 18.3 Å². The minimum atomic E-state index is -1.67. The van der Waals surface area contributed by atoms with E-state index >= 15 is 0 Å². The van der Waals surface area contributed by atoms with Crippen LogP contribution in [0.5, 0.6) is 0 Å². The van der Waals surface area contributed by atoms with E-state index in [1.807, 2.05) is 0 Å². The van der Waals surface area contributed by atoms with Crippen LogP contribution in [0.15, 0.2) is 0 Å². The summed E-state index contributed by atoms with van der Waals surface area (Å²) in [5.74, 6) is -0.602. The Kier molecular flexibility index (Phi) is 18.8. The maximum absolute atomic E-state index is 11.9. The molecule has 0 bridgehead atoms. The Labute approximate surface area is 176 Å². The molecule has 174 valence electrons. The number of esters is 1. The van der Waals surface area contributed by atoms with Crippen LogP contribution in [-0.4, -0.2) is 69.1 Å². The molecule has 0 radical (unpaired) electrons. The molecule has 0 unspecified atom stereocenters. The Morgan fingerprint density at radius 3 is 1.52 bits per heavy atom. The molecular formula is C22H44O7. The van der Waals surface area contributed by atoms with Gasteiger partial charge in [0.2, 0.25) is 0 Å². The van der Waals surface area contributed by atoms with E-state index in [4.69, 9.17) is 14.9 Å². The summed E-state index contributed by atoms with van der Waals surface area (Å²) in [6, 6.07) is 0. The van der Waals surface area contributed by atoms with Gasteiger partial charge in [-0.25, -0.2) is 0 Å². The molecule has 0 aromatic rings. The van der Waals surface area contributed by atoms with Crippen molar-refractivity contribution in [2.75, 3.05) is 13.2 Å². The molecule has 0 aromatic heterocycles. The molecule has 0 rings (SSSR count). The summed E-state index contributed by atoms with van der Waals surface area (Å²) in [6.45, 7) is 0.758. The zero-order chi connectivity index (χ0) is 21.9. The molecule has 0 saturated carbocycles. The van der Waals surface area contributed by atoms with Gasteiger partial charge in [-0.15, -0.1) is 0 Å². The summed E-state index contributed by atoms with van der Waals surface area (Å²) in [6.07, 6.45) is 9.48. The average molecular weight is 421 g/mol. The molecule has 0 spiro atoms. The van der Waals surface area contributed by atoms with Crippen molar-refractivity contribution in [3.8, 4) is 0 Å². The van der Waals surface area contributed by atoms with Crippen LogP contribution in [0.2, 0.25) is 0 Å². The first-order valence-corrected chi connectivity index (χ1v) is 11.4. The Balaban J connectivity index is 3.76. The SMILES string of the molecule is CCCCCCCCCCCCCCCC(=O)O[C@H]([C@@H](O)[C@@H](O)CO)[C@@H](O)CO. The summed E-state index contributed by atoms with van der Waals surface area (Å²) in [5, 5.41) is 46.9. The third kappa shape index (κ3) is 14.8. The maximum Gasteiger partial charge on any atom is 0.306 e. The van der Waals surface area contributed by atoms with Crippen molar-refractivity contribution in [1.29, 1.82) is 0 Å². The molecule has 0 aliphatic heterocycles. The van der Waals surface area contributed by atoms with Crippen LogP contribution in [-0.2, 0) is 9.53 Å². The molecule has 0 heterocycles. The van der Waals surface area contributed by atoms with Crippen molar-refractivity contribution in [3.63, 3.8) is 0 Å². The number of carbonyl (C=O) groups excluding carboxylic acids is 1. The Hall–Kier alpha value is -0.730.